The molecule has 0 spiro atoms. The van der Waals surface area contributed by atoms with Crippen molar-refractivity contribution in [1.29, 1.82) is 0 Å². The van der Waals surface area contributed by atoms with Crippen molar-refractivity contribution in [3.63, 3.8) is 0 Å². The molecule has 0 unspecified atom stereocenters. The van der Waals surface area contributed by atoms with Gasteiger partial charge in [-0.3, -0.25) is 9.35 Å². The number of amides is 1. The predicted molar refractivity (Wildman–Crippen MR) is 154 cm³/mol. The Morgan fingerprint density at radius 3 is 2.58 bits per heavy atom. The summed E-state index contributed by atoms with van der Waals surface area (Å²) in [7, 11) is -1.55. The summed E-state index contributed by atoms with van der Waals surface area (Å²) in [4.78, 5) is 27.1. The van der Waals surface area contributed by atoms with Crippen LogP contribution in [0.2, 0.25) is 0 Å². The summed E-state index contributed by atoms with van der Waals surface area (Å²) in [6.07, 6.45) is 12.9. The highest BCUT2D eigenvalue weighted by Gasteiger charge is 2.25. The Balaban J connectivity index is 0.000000595. The molecule has 1 amide bonds. The quantitative estimate of drug-likeness (QED) is 0.293. The first-order valence-electron chi connectivity index (χ1n) is 13.6. The van der Waals surface area contributed by atoms with Gasteiger partial charge in [-0.25, -0.2) is 9.97 Å². The van der Waals surface area contributed by atoms with E-state index < -0.39 is 16.0 Å². The monoisotopic (exact) mass is 568 g/mol. The number of benzene rings is 2. The number of likely N-dealkylation sites (tertiary alicyclic amines) is 1. The number of carbonyl (C=O) groups excluding carboxylic acids is 1. The molecule has 4 N–H and O–H groups in total. The second kappa shape index (κ2) is 11.6. The summed E-state index contributed by atoms with van der Waals surface area (Å²) in [6, 6.07) is 9.15. The molecule has 1 aliphatic carbocycles. The summed E-state index contributed by atoms with van der Waals surface area (Å²) in [6.45, 7) is 1.58. The van der Waals surface area contributed by atoms with Crippen molar-refractivity contribution in [3.8, 4) is 16.9 Å². The Hall–Kier alpha value is -3.48. The Morgan fingerprint density at radius 1 is 1.15 bits per heavy atom. The molecule has 0 bridgehead atoms. The molecule has 0 radical (unpaired) electrons. The molecule has 6 rings (SSSR count). The van der Waals surface area contributed by atoms with Crippen molar-refractivity contribution in [2.45, 2.75) is 57.0 Å². The van der Waals surface area contributed by atoms with Gasteiger partial charge in [-0.15, -0.1) is 0 Å². The Morgan fingerprint density at radius 2 is 1.90 bits per heavy atom. The third-order valence-electron chi connectivity index (χ3n) is 7.87. The van der Waals surface area contributed by atoms with Gasteiger partial charge >= 0.3 is 0 Å². The maximum atomic E-state index is 12.4. The van der Waals surface area contributed by atoms with Gasteiger partial charge in [0.2, 0.25) is 0 Å². The smallest absolute Gasteiger partial charge is 0.261 e. The molecule has 2 aromatic carbocycles. The molecule has 2 aliphatic rings. The number of aromatic nitrogens is 4. The van der Waals surface area contributed by atoms with E-state index in [2.05, 4.69) is 44.7 Å². The molecular formula is C28H36N6O5S. The standard InChI is InChI=1S/C27H32N6O2.CH4O3S/c1-32-11-5-8-19(32)14-35-23-13-20(25-26(30-15-29-25)24(23)27(28)34)17-9-10-22-21(12-17)31-16-33(22)18-6-3-2-4-7-18;1-5(2,3)4/h9-10,12-13,15-16,18-19H,2-8,11,14H2,1H3,(H2,28,34)(H,29,30);1H3,(H,2,3,4)/t19-;/m1./s1. The summed E-state index contributed by atoms with van der Waals surface area (Å²) in [5.41, 5.74) is 11.5. The van der Waals surface area contributed by atoms with Gasteiger partial charge in [0.05, 0.1) is 41.0 Å². The molecule has 214 valence electrons. The van der Waals surface area contributed by atoms with E-state index in [4.69, 9.17) is 20.0 Å². The molecule has 3 heterocycles. The lowest BCUT2D eigenvalue weighted by Gasteiger charge is -2.23. The number of hydrogen-bond donors (Lipinski definition) is 3. The maximum Gasteiger partial charge on any atom is 0.261 e. The van der Waals surface area contributed by atoms with Crippen LogP contribution >= 0.6 is 0 Å². The summed E-state index contributed by atoms with van der Waals surface area (Å²) >= 11 is 0. The molecule has 2 aromatic heterocycles. The Bertz CT molecular complexity index is 1610. The minimum Gasteiger partial charge on any atom is -0.491 e. The fourth-order valence-corrected chi connectivity index (χ4v) is 5.89. The van der Waals surface area contributed by atoms with Gasteiger partial charge < -0.3 is 24.9 Å². The Kier molecular flexibility index (Phi) is 8.11. The number of fused-ring (bicyclic) bond motifs is 2. The predicted octanol–water partition coefficient (Wildman–Crippen LogP) is 4.16. The first kappa shape index (κ1) is 28.1. The van der Waals surface area contributed by atoms with Crippen molar-refractivity contribution in [1.82, 2.24) is 24.4 Å². The first-order chi connectivity index (χ1) is 19.1. The van der Waals surface area contributed by atoms with Gasteiger partial charge in [0, 0.05) is 17.6 Å². The molecule has 2 fully saturated rings. The second-order valence-corrected chi connectivity index (χ2v) is 12.2. The summed E-state index contributed by atoms with van der Waals surface area (Å²) in [5.74, 6) is -0.0281. The van der Waals surface area contributed by atoms with Gasteiger partial charge in [0.1, 0.15) is 17.9 Å². The van der Waals surface area contributed by atoms with Crippen LogP contribution in [0.3, 0.4) is 0 Å². The number of imidazole rings is 2. The van der Waals surface area contributed by atoms with E-state index in [0.717, 1.165) is 41.5 Å². The zero-order valence-corrected chi connectivity index (χ0v) is 23.7. The molecule has 40 heavy (non-hydrogen) atoms. The van der Waals surface area contributed by atoms with E-state index >= 15 is 0 Å². The van der Waals surface area contributed by atoms with Crippen LogP contribution in [0, 0.1) is 0 Å². The number of rotatable bonds is 6. The van der Waals surface area contributed by atoms with Crippen molar-refractivity contribution in [2.75, 3.05) is 26.5 Å². The Labute approximate surface area is 233 Å². The van der Waals surface area contributed by atoms with Crippen molar-refractivity contribution < 1.29 is 22.5 Å². The third kappa shape index (κ3) is 6.13. The summed E-state index contributed by atoms with van der Waals surface area (Å²) < 4.78 is 34.5. The van der Waals surface area contributed by atoms with Crippen LogP contribution in [0.25, 0.3) is 33.2 Å². The number of hydrogen-bond acceptors (Lipinski definition) is 7. The van der Waals surface area contributed by atoms with Crippen molar-refractivity contribution >= 4 is 38.1 Å². The number of nitrogens with two attached hydrogens (primary N) is 1. The zero-order chi connectivity index (χ0) is 28.4. The SMILES string of the molecule is CN1CCC[C@@H]1COc1cc(-c2ccc3c(c2)ncn3C2CCCCC2)c2nc[nH]c2c1C(N)=O.CS(=O)(=O)O. The lowest BCUT2D eigenvalue weighted by atomic mass is 9.95. The highest BCUT2D eigenvalue weighted by Crippen LogP contribution is 2.37. The molecule has 1 saturated heterocycles. The van der Waals surface area contributed by atoms with Crippen LogP contribution in [0.15, 0.2) is 36.9 Å². The van der Waals surface area contributed by atoms with Crippen LogP contribution in [-0.4, -0.2) is 75.8 Å². The maximum absolute atomic E-state index is 12.4. The normalized spacial score (nSPS) is 18.6. The van der Waals surface area contributed by atoms with Crippen molar-refractivity contribution in [3.05, 3.63) is 42.5 Å². The molecular weight excluding hydrogens is 532 g/mol. The third-order valence-corrected chi connectivity index (χ3v) is 7.87. The minimum atomic E-state index is -3.67. The molecule has 4 aromatic rings. The average molecular weight is 569 g/mol. The number of ether oxygens (including phenoxy) is 1. The first-order valence-corrected chi connectivity index (χ1v) is 15.5. The molecule has 1 aliphatic heterocycles. The molecule has 12 heteroatoms. The van der Waals surface area contributed by atoms with E-state index in [0.29, 0.717) is 47.3 Å². The zero-order valence-electron chi connectivity index (χ0n) is 22.8. The van der Waals surface area contributed by atoms with Crippen LogP contribution in [-0.2, 0) is 10.1 Å². The molecule has 1 saturated carbocycles. The van der Waals surface area contributed by atoms with E-state index in [1.807, 2.05) is 12.4 Å². The number of aromatic amines is 1. The highest BCUT2D eigenvalue weighted by molar-refractivity contribution is 7.85. The number of nitrogens with zero attached hydrogens (tertiary/aromatic N) is 4. The second-order valence-electron chi connectivity index (χ2n) is 10.8. The minimum absolute atomic E-state index is 0.330. The molecule has 11 nitrogen and oxygen atoms in total. The number of primary amides is 1. The topological polar surface area (TPSA) is 156 Å². The van der Waals surface area contributed by atoms with E-state index in [9.17, 15) is 13.2 Å². The fraction of sp³-hybridized carbons (Fsp3) is 0.464. The van der Waals surface area contributed by atoms with Crippen LogP contribution in [0.4, 0.5) is 0 Å². The highest BCUT2D eigenvalue weighted by atomic mass is 32.2. The van der Waals surface area contributed by atoms with Gasteiger partial charge in [-0.2, -0.15) is 8.42 Å². The van der Waals surface area contributed by atoms with Gasteiger partial charge in [-0.05, 0) is 63.0 Å². The largest absolute Gasteiger partial charge is 0.491 e. The van der Waals surface area contributed by atoms with E-state index in [1.165, 1.54) is 32.1 Å². The van der Waals surface area contributed by atoms with Gasteiger partial charge in [0.15, 0.2) is 0 Å². The number of H-pyrrole nitrogens is 1. The average Bonchev–Trinajstić information content (AvgIpc) is 3.65. The number of likely N-dealkylation sites (N-methyl/N-ethyl adjacent to an activating group) is 1. The van der Waals surface area contributed by atoms with Gasteiger partial charge in [0.25, 0.3) is 16.0 Å². The van der Waals surface area contributed by atoms with Gasteiger partial charge in [-0.1, -0.05) is 25.3 Å². The molecule has 1 atom stereocenters. The van der Waals surface area contributed by atoms with E-state index in [1.54, 1.807) is 6.33 Å². The fourth-order valence-electron chi connectivity index (χ4n) is 5.89. The van der Waals surface area contributed by atoms with Crippen LogP contribution < -0.4 is 10.5 Å². The summed E-state index contributed by atoms with van der Waals surface area (Å²) in [5, 5.41) is 0. The number of carbonyl (C=O) groups is 1. The van der Waals surface area contributed by atoms with Crippen molar-refractivity contribution in [2.24, 2.45) is 5.73 Å². The van der Waals surface area contributed by atoms with Crippen LogP contribution in [0.1, 0.15) is 61.3 Å². The van der Waals surface area contributed by atoms with Crippen LogP contribution in [0.5, 0.6) is 5.75 Å². The lowest BCUT2D eigenvalue weighted by molar-refractivity contribution is 0.0996. The number of nitrogens with one attached hydrogen (secondary N) is 1. The lowest BCUT2D eigenvalue weighted by Crippen LogP contribution is -2.31. The van der Waals surface area contributed by atoms with E-state index in [-0.39, 0.29) is 0 Å².